The molecule has 1 aliphatic rings. The fourth-order valence-corrected chi connectivity index (χ4v) is 2.72. The van der Waals surface area contributed by atoms with Gasteiger partial charge in [0.15, 0.2) is 23.3 Å². The third-order valence-corrected chi connectivity index (χ3v) is 4.14. The molecule has 0 saturated carbocycles. The summed E-state index contributed by atoms with van der Waals surface area (Å²) in [5, 5.41) is 7.30. The standard InChI is InChI=1S/C19H27N5O3.HI/c1-5-20-19(21-9-8-17-22-18(13(2)3)23-27-17)24(4)11-14-6-7-15-16(10-14)26-12-25-15;/h6-7,10,13H,5,8-9,11-12H2,1-4H3,(H,20,21);1H. The van der Waals surface area contributed by atoms with Gasteiger partial charge in [-0.1, -0.05) is 25.1 Å². The molecule has 2 heterocycles. The van der Waals surface area contributed by atoms with Gasteiger partial charge in [-0.15, -0.1) is 24.0 Å². The number of halogens is 1. The predicted molar refractivity (Wildman–Crippen MR) is 118 cm³/mol. The number of aliphatic imine (C=N–C) groups is 1. The molecular formula is C19H28IN5O3. The van der Waals surface area contributed by atoms with Crippen LogP contribution in [0.25, 0.3) is 0 Å². The number of fused-ring (bicyclic) bond motifs is 1. The lowest BCUT2D eigenvalue weighted by Gasteiger charge is -2.22. The first-order valence-corrected chi connectivity index (χ1v) is 9.27. The molecule has 9 heteroatoms. The summed E-state index contributed by atoms with van der Waals surface area (Å²) < 4.78 is 16.1. The maximum Gasteiger partial charge on any atom is 0.231 e. The molecule has 0 atom stereocenters. The number of rotatable bonds is 7. The predicted octanol–water partition coefficient (Wildman–Crippen LogP) is 3.18. The van der Waals surface area contributed by atoms with Crippen molar-refractivity contribution in [1.82, 2.24) is 20.4 Å². The molecule has 3 rings (SSSR count). The Kier molecular flexibility index (Phi) is 8.34. The van der Waals surface area contributed by atoms with Crippen molar-refractivity contribution in [3.63, 3.8) is 0 Å². The minimum absolute atomic E-state index is 0. The molecule has 0 aliphatic carbocycles. The van der Waals surface area contributed by atoms with Gasteiger partial charge in [-0.05, 0) is 24.6 Å². The molecule has 154 valence electrons. The molecule has 1 aromatic heterocycles. The minimum Gasteiger partial charge on any atom is -0.454 e. The van der Waals surface area contributed by atoms with Crippen LogP contribution in [0, 0.1) is 0 Å². The van der Waals surface area contributed by atoms with Gasteiger partial charge in [0.25, 0.3) is 0 Å². The lowest BCUT2D eigenvalue weighted by molar-refractivity contribution is 0.174. The van der Waals surface area contributed by atoms with Crippen molar-refractivity contribution in [1.29, 1.82) is 0 Å². The summed E-state index contributed by atoms with van der Waals surface area (Å²) in [4.78, 5) is 11.1. The molecule has 0 unspecified atom stereocenters. The van der Waals surface area contributed by atoms with Crippen LogP contribution in [-0.4, -0.2) is 47.9 Å². The molecule has 0 fully saturated rings. The maximum atomic E-state index is 5.45. The molecule has 8 nitrogen and oxygen atoms in total. The average molecular weight is 501 g/mol. The number of ether oxygens (including phenoxy) is 2. The Bertz CT molecular complexity index is 794. The van der Waals surface area contributed by atoms with Crippen LogP contribution in [0.5, 0.6) is 11.5 Å². The van der Waals surface area contributed by atoms with E-state index in [4.69, 9.17) is 14.0 Å². The Labute approximate surface area is 182 Å². The number of nitrogens with one attached hydrogen (secondary N) is 1. The SMILES string of the molecule is CCNC(=NCCc1nc(C(C)C)no1)N(C)Cc1ccc2c(c1)OCO2.I. The second-order valence-electron chi connectivity index (χ2n) is 6.73. The Morgan fingerprint density at radius 1 is 1.29 bits per heavy atom. The highest BCUT2D eigenvalue weighted by atomic mass is 127. The third kappa shape index (κ3) is 5.73. The normalized spacial score (nSPS) is 12.8. The van der Waals surface area contributed by atoms with Crippen molar-refractivity contribution >= 4 is 29.9 Å². The Morgan fingerprint density at radius 2 is 2.07 bits per heavy atom. The largest absolute Gasteiger partial charge is 0.454 e. The van der Waals surface area contributed by atoms with Gasteiger partial charge in [-0.3, -0.25) is 4.99 Å². The van der Waals surface area contributed by atoms with E-state index in [1.807, 2.05) is 39.1 Å². The van der Waals surface area contributed by atoms with E-state index in [2.05, 4.69) is 32.3 Å². The molecule has 1 aromatic carbocycles. The summed E-state index contributed by atoms with van der Waals surface area (Å²) in [6.07, 6.45) is 0.618. The third-order valence-electron chi connectivity index (χ3n) is 4.14. The molecule has 0 radical (unpaired) electrons. The van der Waals surface area contributed by atoms with Crippen LogP contribution in [0.4, 0.5) is 0 Å². The highest BCUT2D eigenvalue weighted by molar-refractivity contribution is 14.0. The fraction of sp³-hybridized carbons (Fsp3) is 0.526. The van der Waals surface area contributed by atoms with Gasteiger partial charge in [-0.25, -0.2) is 0 Å². The lowest BCUT2D eigenvalue weighted by Crippen LogP contribution is -2.38. The first-order valence-electron chi connectivity index (χ1n) is 9.27. The van der Waals surface area contributed by atoms with Crippen LogP contribution >= 0.6 is 24.0 Å². The molecular weight excluding hydrogens is 473 g/mol. The summed E-state index contributed by atoms with van der Waals surface area (Å²) >= 11 is 0. The zero-order valence-electron chi connectivity index (χ0n) is 16.8. The monoisotopic (exact) mass is 501 g/mol. The number of guanidine groups is 1. The average Bonchev–Trinajstić information content (AvgIpc) is 3.29. The van der Waals surface area contributed by atoms with Crippen LogP contribution < -0.4 is 14.8 Å². The quantitative estimate of drug-likeness (QED) is 0.355. The molecule has 1 aliphatic heterocycles. The van der Waals surface area contributed by atoms with Crippen molar-refractivity contribution in [2.45, 2.75) is 39.7 Å². The smallest absolute Gasteiger partial charge is 0.231 e. The van der Waals surface area contributed by atoms with Gasteiger partial charge < -0.3 is 24.2 Å². The van der Waals surface area contributed by atoms with E-state index < -0.39 is 0 Å². The summed E-state index contributed by atoms with van der Waals surface area (Å²) in [7, 11) is 2.01. The summed E-state index contributed by atoms with van der Waals surface area (Å²) in [5.74, 6) is 4.04. The van der Waals surface area contributed by atoms with Crippen LogP contribution in [0.3, 0.4) is 0 Å². The second kappa shape index (κ2) is 10.5. The fourth-order valence-electron chi connectivity index (χ4n) is 2.72. The summed E-state index contributed by atoms with van der Waals surface area (Å²) in [5.41, 5.74) is 1.13. The first-order chi connectivity index (χ1) is 13.1. The molecule has 0 amide bonds. The van der Waals surface area contributed by atoms with Gasteiger partial charge in [0.1, 0.15) is 0 Å². The van der Waals surface area contributed by atoms with E-state index in [-0.39, 0.29) is 36.7 Å². The Balaban J connectivity index is 0.00000280. The number of aromatic nitrogens is 2. The topological polar surface area (TPSA) is 85.0 Å². The zero-order valence-corrected chi connectivity index (χ0v) is 19.1. The van der Waals surface area contributed by atoms with Crippen LogP contribution in [0.2, 0.25) is 0 Å². The van der Waals surface area contributed by atoms with E-state index in [0.29, 0.717) is 25.4 Å². The second-order valence-corrected chi connectivity index (χ2v) is 6.73. The number of benzene rings is 1. The summed E-state index contributed by atoms with van der Waals surface area (Å²) in [6.45, 7) is 8.50. The number of hydrogen-bond donors (Lipinski definition) is 1. The molecule has 0 bridgehead atoms. The van der Waals surface area contributed by atoms with Crippen LogP contribution in [0.15, 0.2) is 27.7 Å². The van der Waals surface area contributed by atoms with Crippen molar-refractivity contribution in [2.75, 3.05) is 26.9 Å². The van der Waals surface area contributed by atoms with E-state index in [1.54, 1.807) is 0 Å². The Hall–Kier alpha value is -2.04. The van der Waals surface area contributed by atoms with Crippen LogP contribution in [-0.2, 0) is 13.0 Å². The van der Waals surface area contributed by atoms with E-state index in [9.17, 15) is 0 Å². The molecule has 0 saturated heterocycles. The van der Waals surface area contributed by atoms with Crippen molar-refractivity contribution in [2.24, 2.45) is 4.99 Å². The molecule has 2 aromatic rings. The molecule has 28 heavy (non-hydrogen) atoms. The zero-order chi connectivity index (χ0) is 19.2. The Morgan fingerprint density at radius 3 is 2.79 bits per heavy atom. The van der Waals surface area contributed by atoms with E-state index in [0.717, 1.165) is 35.4 Å². The van der Waals surface area contributed by atoms with E-state index in [1.165, 1.54) is 0 Å². The van der Waals surface area contributed by atoms with Crippen molar-refractivity contribution in [3.8, 4) is 11.5 Å². The van der Waals surface area contributed by atoms with Gasteiger partial charge in [0.2, 0.25) is 12.7 Å². The van der Waals surface area contributed by atoms with Crippen molar-refractivity contribution in [3.05, 3.63) is 35.5 Å². The van der Waals surface area contributed by atoms with Gasteiger partial charge in [-0.2, -0.15) is 4.98 Å². The minimum atomic E-state index is 0. The van der Waals surface area contributed by atoms with Gasteiger partial charge in [0.05, 0.1) is 6.54 Å². The number of nitrogens with zero attached hydrogens (tertiary/aromatic N) is 4. The first kappa shape index (κ1) is 22.3. The molecule has 0 spiro atoms. The maximum absolute atomic E-state index is 5.45. The molecule has 1 N–H and O–H groups in total. The highest BCUT2D eigenvalue weighted by Gasteiger charge is 2.15. The van der Waals surface area contributed by atoms with E-state index >= 15 is 0 Å². The summed E-state index contributed by atoms with van der Waals surface area (Å²) in [6, 6.07) is 5.99. The van der Waals surface area contributed by atoms with Crippen molar-refractivity contribution < 1.29 is 14.0 Å². The number of hydrogen-bond acceptors (Lipinski definition) is 6. The van der Waals surface area contributed by atoms with Gasteiger partial charge >= 0.3 is 0 Å². The van der Waals surface area contributed by atoms with Gasteiger partial charge in [0, 0.05) is 32.5 Å². The lowest BCUT2D eigenvalue weighted by atomic mass is 10.2. The van der Waals surface area contributed by atoms with Crippen LogP contribution in [0.1, 0.15) is 44.0 Å². The highest BCUT2D eigenvalue weighted by Crippen LogP contribution is 2.32.